The van der Waals surface area contributed by atoms with Crippen molar-refractivity contribution in [1.82, 2.24) is 10.3 Å². The molecular weight excluding hydrogens is 328 g/mol. The molecule has 19 heavy (non-hydrogen) atoms. The highest BCUT2D eigenvalue weighted by atomic mass is 79.9. The molecule has 1 aromatic rings. The summed E-state index contributed by atoms with van der Waals surface area (Å²) in [4.78, 5) is 2.68. The summed E-state index contributed by atoms with van der Waals surface area (Å²) in [6.45, 7) is 2.09. The predicted octanol–water partition coefficient (Wildman–Crippen LogP) is 2.94. The largest absolute Gasteiger partial charge is 0.312 e. The van der Waals surface area contributed by atoms with E-state index in [1.807, 2.05) is 0 Å². The lowest BCUT2D eigenvalue weighted by Crippen LogP contribution is -2.38. The molecular formula is C13H17BrN2O2S. The van der Waals surface area contributed by atoms with Gasteiger partial charge in [-0.3, -0.25) is 0 Å². The normalized spacial score (nSPS) is 19.9. The summed E-state index contributed by atoms with van der Waals surface area (Å²) in [6, 6.07) is 6.54. The van der Waals surface area contributed by atoms with Crippen molar-refractivity contribution in [2.24, 2.45) is 5.92 Å². The fraction of sp³-hybridized carbons (Fsp3) is 0.385. The van der Waals surface area contributed by atoms with Gasteiger partial charge in [-0.15, -0.1) is 4.83 Å². The molecule has 1 aromatic carbocycles. The molecule has 1 atom stereocenters. The van der Waals surface area contributed by atoms with Crippen LogP contribution in [0.15, 0.2) is 45.4 Å². The van der Waals surface area contributed by atoms with Crippen molar-refractivity contribution in [2.75, 3.05) is 0 Å². The smallest absolute Gasteiger partial charge is 0.257 e. The highest BCUT2D eigenvalue weighted by molar-refractivity contribution is 9.10. The van der Waals surface area contributed by atoms with Crippen LogP contribution in [0.25, 0.3) is 0 Å². The van der Waals surface area contributed by atoms with Crippen LogP contribution in [0.1, 0.15) is 26.2 Å². The van der Waals surface area contributed by atoms with Crippen molar-refractivity contribution < 1.29 is 8.42 Å². The Morgan fingerprint density at radius 3 is 2.58 bits per heavy atom. The number of hydrazine groups is 1. The standard InChI is InChI=1S/C13H17BrN2O2S/c1-10-4-2-3-5-13(10)15-16-19(17,18)12-8-6-11(14)7-9-12/h5-10,15-16H,2-4H2,1H3/t10-/m0/s1. The van der Waals surface area contributed by atoms with Gasteiger partial charge in [-0.1, -0.05) is 28.9 Å². The van der Waals surface area contributed by atoms with E-state index in [0.29, 0.717) is 5.92 Å². The van der Waals surface area contributed by atoms with Crippen molar-refractivity contribution in [3.05, 3.63) is 40.5 Å². The van der Waals surface area contributed by atoms with Crippen molar-refractivity contribution >= 4 is 26.0 Å². The molecule has 6 heteroatoms. The number of rotatable bonds is 4. The summed E-state index contributed by atoms with van der Waals surface area (Å²) >= 11 is 3.28. The van der Waals surface area contributed by atoms with E-state index in [0.717, 1.165) is 29.4 Å². The van der Waals surface area contributed by atoms with Crippen LogP contribution in [0, 0.1) is 5.92 Å². The zero-order valence-electron chi connectivity index (χ0n) is 10.7. The average molecular weight is 345 g/mol. The molecule has 0 aliphatic heterocycles. The van der Waals surface area contributed by atoms with E-state index in [1.165, 1.54) is 0 Å². The minimum Gasteiger partial charge on any atom is -0.312 e. The molecule has 0 amide bonds. The Morgan fingerprint density at radius 1 is 1.26 bits per heavy atom. The number of halogens is 1. The first-order valence-corrected chi connectivity index (χ1v) is 8.50. The maximum atomic E-state index is 12.1. The fourth-order valence-electron chi connectivity index (χ4n) is 2.01. The minimum absolute atomic E-state index is 0.243. The van der Waals surface area contributed by atoms with Gasteiger partial charge < -0.3 is 5.43 Å². The summed E-state index contributed by atoms with van der Waals surface area (Å²) in [5, 5.41) is 0. The first kappa shape index (κ1) is 14.6. The number of benzene rings is 1. The molecule has 0 bridgehead atoms. The molecule has 0 fully saturated rings. The van der Waals surface area contributed by atoms with Crippen LogP contribution in [0.5, 0.6) is 0 Å². The fourth-order valence-corrected chi connectivity index (χ4v) is 3.14. The van der Waals surface area contributed by atoms with Gasteiger partial charge in [-0.25, -0.2) is 8.42 Å². The van der Waals surface area contributed by atoms with Crippen LogP contribution in [0.2, 0.25) is 0 Å². The third-order valence-electron chi connectivity index (χ3n) is 3.19. The second kappa shape index (κ2) is 6.07. The summed E-state index contributed by atoms with van der Waals surface area (Å²) in [5.74, 6) is 0.362. The monoisotopic (exact) mass is 344 g/mol. The van der Waals surface area contributed by atoms with E-state index < -0.39 is 10.0 Å². The molecule has 1 aliphatic carbocycles. The first-order chi connectivity index (χ1) is 8.99. The number of hydrogen-bond donors (Lipinski definition) is 2. The van der Waals surface area contributed by atoms with Crippen LogP contribution in [-0.2, 0) is 10.0 Å². The Bertz CT molecular complexity index is 567. The highest BCUT2D eigenvalue weighted by Crippen LogP contribution is 2.22. The first-order valence-electron chi connectivity index (χ1n) is 6.22. The molecule has 0 heterocycles. The highest BCUT2D eigenvalue weighted by Gasteiger charge is 2.17. The molecule has 2 N–H and O–H groups in total. The van der Waals surface area contributed by atoms with Crippen LogP contribution >= 0.6 is 15.9 Å². The molecule has 0 unspecified atom stereocenters. The lowest BCUT2D eigenvalue weighted by molar-refractivity contribution is 0.494. The van der Waals surface area contributed by atoms with Crippen LogP contribution in [0.4, 0.5) is 0 Å². The topological polar surface area (TPSA) is 58.2 Å². The maximum absolute atomic E-state index is 12.1. The van der Waals surface area contributed by atoms with Crippen molar-refractivity contribution in [2.45, 2.75) is 31.1 Å². The third-order valence-corrected chi connectivity index (χ3v) is 4.98. The van der Waals surface area contributed by atoms with E-state index in [9.17, 15) is 8.42 Å². The third kappa shape index (κ3) is 3.81. The molecule has 0 aromatic heterocycles. The molecule has 2 rings (SSSR count). The Kier molecular flexibility index (Phi) is 4.65. The zero-order chi connectivity index (χ0) is 13.9. The SMILES string of the molecule is C[C@H]1CCCC=C1NNS(=O)(=O)c1ccc(Br)cc1. The Hall–Kier alpha value is -0.850. The molecule has 0 spiro atoms. The quantitative estimate of drug-likeness (QED) is 0.825. The second-order valence-corrected chi connectivity index (χ2v) is 7.27. The van der Waals surface area contributed by atoms with Crippen molar-refractivity contribution in [3.8, 4) is 0 Å². The molecule has 104 valence electrons. The van der Waals surface area contributed by atoms with Gasteiger partial charge >= 0.3 is 0 Å². The summed E-state index contributed by atoms with van der Waals surface area (Å²) < 4.78 is 25.0. The lowest BCUT2D eigenvalue weighted by Gasteiger charge is -2.22. The summed E-state index contributed by atoms with van der Waals surface area (Å²) in [7, 11) is -3.52. The maximum Gasteiger partial charge on any atom is 0.257 e. The van der Waals surface area contributed by atoms with Gasteiger partial charge in [0, 0.05) is 10.2 Å². The zero-order valence-corrected chi connectivity index (χ0v) is 13.1. The van der Waals surface area contributed by atoms with Gasteiger partial charge in [-0.05, 0) is 49.4 Å². The van der Waals surface area contributed by atoms with Crippen LogP contribution in [-0.4, -0.2) is 8.42 Å². The predicted molar refractivity (Wildman–Crippen MR) is 78.7 cm³/mol. The van der Waals surface area contributed by atoms with Gasteiger partial charge in [-0.2, -0.15) is 0 Å². The van der Waals surface area contributed by atoms with E-state index in [1.54, 1.807) is 24.3 Å². The van der Waals surface area contributed by atoms with E-state index >= 15 is 0 Å². The number of sulfonamides is 1. The molecule has 1 aliphatic rings. The molecule has 0 radical (unpaired) electrons. The van der Waals surface area contributed by atoms with Crippen LogP contribution in [0.3, 0.4) is 0 Å². The second-order valence-electron chi connectivity index (χ2n) is 4.68. The van der Waals surface area contributed by atoms with Crippen molar-refractivity contribution in [3.63, 3.8) is 0 Å². The number of nitrogens with one attached hydrogen (secondary N) is 2. The van der Waals surface area contributed by atoms with Crippen LogP contribution < -0.4 is 10.3 Å². The van der Waals surface area contributed by atoms with Gasteiger partial charge in [0.05, 0.1) is 4.90 Å². The van der Waals surface area contributed by atoms with Gasteiger partial charge in [0.1, 0.15) is 0 Å². The lowest BCUT2D eigenvalue weighted by atomic mass is 9.94. The number of allylic oxidation sites excluding steroid dienone is 2. The van der Waals surface area contributed by atoms with E-state index in [-0.39, 0.29) is 4.90 Å². The molecule has 0 saturated carbocycles. The Balaban J connectivity index is 2.05. The van der Waals surface area contributed by atoms with Gasteiger partial charge in [0.25, 0.3) is 10.0 Å². The van der Waals surface area contributed by atoms with Crippen molar-refractivity contribution in [1.29, 1.82) is 0 Å². The van der Waals surface area contributed by atoms with E-state index in [2.05, 4.69) is 39.2 Å². The molecule has 0 saturated heterocycles. The molecule has 4 nitrogen and oxygen atoms in total. The van der Waals surface area contributed by atoms with E-state index in [4.69, 9.17) is 0 Å². The summed E-state index contributed by atoms with van der Waals surface area (Å²) in [6.07, 6.45) is 5.29. The van der Waals surface area contributed by atoms with Gasteiger partial charge in [0.2, 0.25) is 0 Å². The van der Waals surface area contributed by atoms with Gasteiger partial charge in [0.15, 0.2) is 0 Å². The average Bonchev–Trinajstić information content (AvgIpc) is 2.38. The number of hydrogen-bond acceptors (Lipinski definition) is 3. The Morgan fingerprint density at radius 2 is 1.95 bits per heavy atom. The Labute approximate surface area is 122 Å². The minimum atomic E-state index is -3.52. The summed E-state index contributed by atoms with van der Waals surface area (Å²) in [5.41, 5.74) is 3.79.